The molecule has 0 bridgehead atoms. The van der Waals surface area contributed by atoms with Crippen molar-refractivity contribution in [1.29, 1.82) is 5.26 Å². The van der Waals surface area contributed by atoms with Crippen LogP contribution in [0.5, 0.6) is 0 Å². The Hall–Kier alpha value is -1.99. The van der Waals surface area contributed by atoms with E-state index >= 15 is 0 Å². The van der Waals surface area contributed by atoms with E-state index in [1.54, 1.807) is 0 Å². The number of Topliss-reactive ketones (excluding diaryl/α,β-unsaturated/α-hetero) is 1. The van der Waals surface area contributed by atoms with Gasteiger partial charge in [0.05, 0.1) is 16.7 Å². The van der Waals surface area contributed by atoms with Crippen LogP contribution in [0.2, 0.25) is 0 Å². The van der Waals surface area contributed by atoms with Crippen molar-refractivity contribution in [2.45, 2.75) is 25.7 Å². The highest BCUT2D eigenvalue weighted by molar-refractivity contribution is 7.84. The van der Waals surface area contributed by atoms with E-state index in [-0.39, 0.29) is 11.7 Å². The number of thiol groups is 1. The molecule has 106 valence electrons. The van der Waals surface area contributed by atoms with Crippen molar-refractivity contribution in [2.75, 3.05) is 0 Å². The molecule has 1 aromatic carbocycles. The molecule has 21 heavy (non-hydrogen) atoms. The zero-order valence-corrected chi connectivity index (χ0v) is 12.5. The zero-order valence-electron chi connectivity index (χ0n) is 11.6. The number of carbonyl (C=O) groups is 1. The van der Waals surface area contributed by atoms with E-state index in [1.807, 2.05) is 30.3 Å². The third-order valence-electron chi connectivity index (χ3n) is 4.08. The molecule has 2 aliphatic rings. The number of nitriles is 1. The molecular formula is C17H16N2OS. The first-order valence-electron chi connectivity index (χ1n) is 7.11. The summed E-state index contributed by atoms with van der Waals surface area (Å²) in [5.74, 6) is -0.00721. The second-order valence-electron chi connectivity index (χ2n) is 5.41. The number of allylic oxidation sites excluding steroid dienone is 3. The summed E-state index contributed by atoms with van der Waals surface area (Å²) in [4.78, 5) is 12.3. The molecule has 1 N–H and O–H groups in total. The average molecular weight is 296 g/mol. The van der Waals surface area contributed by atoms with Gasteiger partial charge in [-0.05, 0) is 24.8 Å². The molecule has 0 fully saturated rings. The standard InChI is InChI=1S/C17H16N2OS/c18-10-13-12(9-11-5-2-1-3-6-11)16-14(19-17(13)21)7-4-8-15(16)20/h1-3,5-6,12,19,21H,4,7-9H2/t12-/m1/s1. The Kier molecular flexibility index (Phi) is 3.85. The quantitative estimate of drug-likeness (QED) is 0.824. The van der Waals surface area contributed by atoms with Crippen molar-refractivity contribution < 1.29 is 4.79 Å². The predicted molar refractivity (Wildman–Crippen MR) is 84.3 cm³/mol. The molecule has 1 atom stereocenters. The molecule has 0 aromatic heterocycles. The highest BCUT2D eigenvalue weighted by atomic mass is 32.1. The topological polar surface area (TPSA) is 52.9 Å². The Labute approximate surface area is 129 Å². The van der Waals surface area contributed by atoms with Crippen LogP contribution in [-0.4, -0.2) is 5.78 Å². The second-order valence-corrected chi connectivity index (χ2v) is 5.86. The average Bonchev–Trinajstić information content (AvgIpc) is 2.48. The molecule has 0 saturated heterocycles. The smallest absolute Gasteiger partial charge is 0.161 e. The van der Waals surface area contributed by atoms with Crippen molar-refractivity contribution >= 4 is 18.4 Å². The fraction of sp³-hybridized carbons (Fsp3) is 0.294. The summed E-state index contributed by atoms with van der Waals surface area (Å²) in [5.41, 5.74) is 3.44. The third kappa shape index (κ3) is 2.62. The molecule has 4 heteroatoms. The number of nitrogens with one attached hydrogen (secondary N) is 1. The molecule has 0 spiro atoms. The Bertz CT molecular complexity index is 682. The van der Waals surface area contributed by atoms with Crippen LogP contribution in [-0.2, 0) is 11.2 Å². The maximum atomic E-state index is 12.3. The van der Waals surface area contributed by atoms with Crippen LogP contribution in [0.1, 0.15) is 24.8 Å². The van der Waals surface area contributed by atoms with Crippen LogP contribution in [0, 0.1) is 17.2 Å². The van der Waals surface area contributed by atoms with Crippen LogP contribution in [0.25, 0.3) is 0 Å². The number of hydrogen-bond donors (Lipinski definition) is 2. The van der Waals surface area contributed by atoms with Gasteiger partial charge in [-0.15, -0.1) is 12.6 Å². The van der Waals surface area contributed by atoms with Gasteiger partial charge >= 0.3 is 0 Å². The first-order chi connectivity index (χ1) is 10.2. The highest BCUT2D eigenvalue weighted by Gasteiger charge is 2.35. The van der Waals surface area contributed by atoms with Crippen molar-refractivity contribution in [2.24, 2.45) is 5.92 Å². The predicted octanol–water partition coefficient (Wildman–Crippen LogP) is 3.12. The van der Waals surface area contributed by atoms with Crippen LogP contribution in [0.15, 0.2) is 52.2 Å². The lowest BCUT2D eigenvalue weighted by Gasteiger charge is -2.32. The van der Waals surface area contributed by atoms with Gasteiger partial charge in [0.25, 0.3) is 0 Å². The van der Waals surface area contributed by atoms with Gasteiger partial charge in [0.1, 0.15) is 0 Å². The second kappa shape index (κ2) is 5.79. The van der Waals surface area contributed by atoms with E-state index in [4.69, 9.17) is 0 Å². The minimum atomic E-state index is -0.172. The zero-order chi connectivity index (χ0) is 14.8. The van der Waals surface area contributed by atoms with Gasteiger partial charge in [-0.1, -0.05) is 30.3 Å². The number of benzene rings is 1. The summed E-state index contributed by atoms with van der Waals surface area (Å²) in [7, 11) is 0. The van der Waals surface area contributed by atoms with Gasteiger partial charge in [-0.3, -0.25) is 4.79 Å². The van der Waals surface area contributed by atoms with Crippen molar-refractivity contribution in [3.05, 3.63) is 57.8 Å². The first-order valence-corrected chi connectivity index (χ1v) is 7.56. The first kappa shape index (κ1) is 14.0. The van der Waals surface area contributed by atoms with Gasteiger partial charge < -0.3 is 5.32 Å². The Morgan fingerprint density at radius 3 is 2.76 bits per heavy atom. The summed E-state index contributed by atoms with van der Waals surface area (Å²) in [6.45, 7) is 0. The van der Waals surface area contributed by atoms with Crippen LogP contribution in [0.3, 0.4) is 0 Å². The monoisotopic (exact) mass is 296 g/mol. The minimum absolute atomic E-state index is 0.165. The lowest BCUT2D eigenvalue weighted by atomic mass is 9.77. The Morgan fingerprint density at radius 1 is 1.29 bits per heavy atom. The van der Waals surface area contributed by atoms with E-state index in [9.17, 15) is 10.1 Å². The SMILES string of the molecule is N#CC1=C(S)NC2=C(C(=O)CCC2)[C@@H]1Cc1ccccc1. The van der Waals surface area contributed by atoms with E-state index in [2.05, 4.69) is 24.0 Å². The van der Waals surface area contributed by atoms with Gasteiger partial charge in [0, 0.05) is 23.6 Å². The maximum Gasteiger partial charge on any atom is 0.161 e. The van der Waals surface area contributed by atoms with Crippen LogP contribution in [0.4, 0.5) is 0 Å². The maximum absolute atomic E-state index is 12.3. The fourth-order valence-corrected chi connectivity index (χ4v) is 3.44. The van der Waals surface area contributed by atoms with Gasteiger partial charge in [0.2, 0.25) is 0 Å². The summed E-state index contributed by atoms with van der Waals surface area (Å²) in [5, 5.41) is 13.2. The number of dihydropyridines is 1. The van der Waals surface area contributed by atoms with E-state index in [0.29, 0.717) is 23.4 Å². The lowest BCUT2D eigenvalue weighted by molar-refractivity contribution is -0.116. The van der Waals surface area contributed by atoms with E-state index < -0.39 is 0 Å². The summed E-state index contributed by atoms with van der Waals surface area (Å²) < 4.78 is 0. The largest absolute Gasteiger partial charge is 0.353 e. The highest BCUT2D eigenvalue weighted by Crippen LogP contribution is 2.38. The normalized spacial score (nSPS) is 21.7. The van der Waals surface area contributed by atoms with Gasteiger partial charge in [-0.25, -0.2) is 0 Å². The minimum Gasteiger partial charge on any atom is -0.353 e. The molecular weight excluding hydrogens is 280 g/mol. The van der Waals surface area contributed by atoms with Crippen LogP contribution < -0.4 is 5.32 Å². The number of hydrogen-bond acceptors (Lipinski definition) is 4. The third-order valence-corrected chi connectivity index (χ3v) is 4.43. The number of nitrogens with zero attached hydrogens (tertiary/aromatic N) is 1. The molecule has 0 radical (unpaired) electrons. The molecule has 0 saturated carbocycles. The molecule has 0 amide bonds. The van der Waals surface area contributed by atoms with Crippen molar-refractivity contribution in [1.82, 2.24) is 5.32 Å². The van der Waals surface area contributed by atoms with Crippen LogP contribution >= 0.6 is 12.6 Å². The molecule has 1 heterocycles. The summed E-state index contributed by atoms with van der Waals surface area (Å²) in [6, 6.07) is 12.2. The molecule has 3 rings (SSSR count). The van der Waals surface area contributed by atoms with Gasteiger partial charge in [-0.2, -0.15) is 5.26 Å². The number of rotatable bonds is 2. The van der Waals surface area contributed by atoms with Crippen molar-refractivity contribution in [3.63, 3.8) is 0 Å². The number of carbonyl (C=O) groups excluding carboxylic acids is 1. The summed E-state index contributed by atoms with van der Waals surface area (Å²) in [6.07, 6.45) is 2.97. The molecule has 0 unspecified atom stereocenters. The molecule has 3 nitrogen and oxygen atoms in total. The van der Waals surface area contributed by atoms with Gasteiger partial charge in [0.15, 0.2) is 5.78 Å². The van der Waals surface area contributed by atoms with Crippen molar-refractivity contribution in [3.8, 4) is 6.07 Å². The van der Waals surface area contributed by atoms with E-state index in [1.165, 1.54) is 0 Å². The molecule has 1 aliphatic carbocycles. The Balaban J connectivity index is 2.03. The summed E-state index contributed by atoms with van der Waals surface area (Å²) >= 11 is 4.41. The fourth-order valence-electron chi connectivity index (χ4n) is 3.10. The molecule has 1 aromatic rings. The van der Waals surface area contributed by atoms with E-state index in [0.717, 1.165) is 29.7 Å². The molecule has 1 aliphatic heterocycles. The number of ketones is 1. The lowest BCUT2D eigenvalue weighted by Crippen LogP contribution is -2.32. The Morgan fingerprint density at radius 2 is 2.05 bits per heavy atom.